The Hall–Kier alpha value is -3.83. The van der Waals surface area contributed by atoms with E-state index in [9.17, 15) is 18.8 Å². The van der Waals surface area contributed by atoms with Crippen LogP contribution < -0.4 is 11.4 Å². The van der Waals surface area contributed by atoms with Gasteiger partial charge in [-0.3, -0.25) is 4.57 Å². The molecule has 0 unspecified atom stereocenters. The number of esters is 2. The second kappa shape index (κ2) is 10.4. The van der Waals surface area contributed by atoms with Crippen molar-refractivity contribution in [2.24, 2.45) is 0 Å². The minimum Gasteiger partial charge on any atom is -0.459 e. The van der Waals surface area contributed by atoms with Gasteiger partial charge >= 0.3 is 17.6 Å². The van der Waals surface area contributed by atoms with Crippen LogP contribution in [-0.2, 0) is 14.2 Å². The molecule has 1 saturated heterocycles. The molecule has 0 saturated carbocycles. The summed E-state index contributed by atoms with van der Waals surface area (Å²) in [6, 6.07) is 15.7. The van der Waals surface area contributed by atoms with E-state index in [2.05, 4.69) is 4.98 Å². The number of hydrogen-bond donors (Lipinski definition) is 1. The van der Waals surface area contributed by atoms with Crippen LogP contribution in [0.5, 0.6) is 0 Å². The molecule has 188 valence electrons. The maximum atomic E-state index is 15.8. The monoisotopic (exact) mass is 519 g/mol. The molecule has 0 spiro atoms. The quantitative estimate of drug-likeness (QED) is 0.373. The SMILES string of the molecule is Nc1nc(=O)n([C@@H]2O[C@](CCl)(COC(=O)c3ccccc3)[C@@H](OC(=O)c3ccccc3)[C@@H]2F)cc1F. The normalized spacial score (nSPS) is 23.2. The van der Waals surface area contributed by atoms with Gasteiger partial charge in [0.2, 0.25) is 0 Å². The molecule has 12 heteroatoms. The summed E-state index contributed by atoms with van der Waals surface area (Å²) in [6.45, 7) is -0.645. The summed E-state index contributed by atoms with van der Waals surface area (Å²) < 4.78 is 46.9. The molecule has 2 heterocycles. The third kappa shape index (κ3) is 4.93. The molecule has 2 N–H and O–H groups in total. The highest BCUT2D eigenvalue weighted by Gasteiger charge is 2.59. The summed E-state index contributed by atoms with van der Waals surface area (Å²) in [5.74, 6) is -3.98. The molecule has 4 rings (SSSR count). The third-order valence-corrected chi connectivity index (χ3v) is 6.02. The highest BCUT2D eigenvalue weighted by Crippen LogP contribution is 2.42. The number of alkyl halides is 2. The molecule has 1 aromatic heterocycles. The van der Waals surface area contributed by atoms with Crippen LogP contribution in [-0.4, -0.2) is 51.9 Å². The first-order valence-corrected chi connectivity index (χ1v) is 11.2. The lowest BCUT2D eigenvalue weighted by Crippen LogP contribution is -2.50. The zero-order valence-electron chi connectivity index (χ0n) is 18.6. The number of hydrogen-bond acceptors (Lipinski definition) is 8. The molecule has 1 aliphatic heterocycles. The molecule has 0 amide bonds. The first kappa shape index (κ1) is 25.3. The van der Waals surface area contributed by atoms with E-state index in [0.29, 0.717) is 10.8 Å². The van der Waals surface area contributed by atoms with Gasteiger partial charge in [0.05, 0.1) is 23.2 Å². The highest BCUT2D eigenvalue weighted by atomic mass is 35.5. The molecule has 1 fully saturated rings. The van der Waals surface area contributed by atoms with Crippen LogP contribution in [0.3, 0.4) is 0 Å². The lowest BCUT2D eigenvalue weighted by Gasteiger charge is -2.31. The maximum absolute atomic E-state index is 15.8. The fourth-order valence-electron chi connectivity index (χ4n) is 3.70. The van der Waals surface area contributed by atoms with Gasteiger partial charge in [0.25, 0.3) is 0 Å². The van der Waals surface area contributed by atoms with Crippen molar-refractivity contribution in [2.45, 2.75) is 24.1 Å². The average Bonchev–Trinajstić information content (AvgIpc) is 3.17. The first-order valence-electron chi connectivity index (χ1n) is 10.7. The molecule has 36 heavy (non-hydrogen) atoms. The van der Waals surface area contributed by atoms with Crippen molar-refractivity contribution in [2.75, 3.05) is 18.2 Å². The molecule has 9 nitrogen and oxygen atoms in total. The molecule has 0 aliphatic carbocycles. The van der Waals surface area contributed by atoms with Crippen LogP contribution in [0.1, 0.15) is 26.9 Å². The third-order valence-electron chi connectivity index (χ3n) is 5.57. The Morgan fingerprint density at radius 3 is 2.25 bits per heavy atom. The molecular formula is C24H20ClF2N3O6. The Bertz CT molecular complexity index is 1310. The van der Waals surface area contributed by atoms with Crippen LogP contribution in [0.2, 0.25) is 0 Å². The van der Waals surface area contributed by atoms with E-state index in [4.69, 9.17) is 31.5 Å². The summed E-state index contributed by atoms with van der Waals surface area (Å²) in [6.07, 6.45) is -5.17. The van der Waals surface area contributed by atoms with E-state index in [1.807, 2.05) is 0 Å². The van der Waals surface area contributed by atoms with Gasteiger partial charge < -0.3 is 19.9 Å². The predicted molar refractivity (Wildman–Crippen MR) is 124 cm³/mol. The largest absolute Gasteiger partial charge is 0.459 e. The van der Waals surface area contributed by atoms with Crippen LogP contribution >= 0.6 is 11.6 Å². The van der Waals surface area contributed by atoms with Crippen LogP contribution in [0.4, 0.5) is 14.6 Å². The highest BCUT2D eigenvalue weighted by molar-refractivity contribution is 6.18. The minimum atomic E-state index is -2.23. The number of nitrogens with two attached hydrogens (primary N) is 1. The Morgan fingerprint density at radius 1 is 1.08 bits per heavy atom. The number of rotatable bonds is 7. The van der Waals surface area contributed by atoms with Gasteiger partial charge in [0, 0.05) is 0 Å². The number of halogens is 3. The van der Waals surface area contributed by atoms with Crippen molar-refractivity contribution in [1.82, 2.24) is 9.55 Å². The lowest BCUT2D eigenvalue weighted by molar-refractivity contribution is -0.120. The summed E-state index contributed by atoms with van der Waals surface area (Å²) in [7, 11) is 0. The van der Waals surface area contributed by atoms with Crippen LogP contribution in [0.25, 0.3) is 0 Å². The fraction of sp³-hybridized carbons (Fsp3) is 0.250. The van der Waals surface area contributed by atoms with Crippen LogP contribution in [0, 0.1) is 5.82 Å². The number of nitrogens with zero attached hydrogens (tertiary/aromatic N) is 2. The summed E-state index contributed by atoms with van der Waals surface area (Å²) in [4.78, 5) is 41.0. The van der Waals surface area contributed by atoms with Crippen molar-refractivity contribution in [3.8, 4) is 0 Å². The summed E-state index contributed by atoms with van der Waals surface area (Å²) >= 11 is 6.16. The zero-order valence-corrected chi connectivity index (χ0v) is 19.3. The van der Waals surface area contributed by atoms with E-state index in [1.165, 1.54) is 24.3 Å². The standard InChI is InChI=1S/C24H20ClF2N3O6/c25-12-24(13-34-21(31)14-7-3-1-4-8-14)18(35-22(32)15-9-5-2-6-10-15)17(27)20(36-24)30-11-16(26)19(28)29-23(30)33/h1-11,17-18,20H,12-13H2,(H2,28,29,33)/t17-,18-,20+,24+/m0/s1. The summed E-state index contributed by atoms with van der Waals surface area (Å²) in [5.41, 5.74) is 2.58. The van der Waals surface area contributed by atoms with Gasteiger partial charge in [-0.15, -0.1) is 11.6 Å². The first-order chi connectivity index (χ1) is 17.3. The lowest BCUT2D eigenvalue weighted by atomic mass is 9.98. The number of ether oxygens (including phenoxy) is 3. The van der Waals surface area contributed by atoms with Gasteiger partial charge in [0.15, 0.2) is 35.7 Å². The summed E-state index contributed by atoms with van der Waals surface area (Å²) in [5, 5.41) is 0. The van der Waals surface area contributed by atoms with Gasteiger partial charge in [-0.25, -0.2) is 23.2 Å². The zero-order chi connectivity index (χ0) is 25.9. The predicted octanol–water partition coefficient (Wildman–Crippen LogP) is 2.89. The van der Waals surface area contributed by atoms with Gasteiger partial charge in [-0.1, -0.05) is 36.4 Å². The van der Waals surface area contributed by atoms with E-state index < -0.39 is 65.9 Å². The van der Waals surface area contributed by atoms with Gasteiger partial charge in [-0.05, 0) is 24.3 Å². The molecule has 4 atom stereocenters. The Balaban J connectivity index is 1.68. The number of benzene rings is 2. The number of nitrogen functional groups attached to an aromatic ring is 1. The Morgan fingerprint density at radius 2 is 1.67 bits per heavy atom. The number of carbonyl (C=O) groups excluding carboxylic acids is 2. The maximum Gasteiger partial charge on any atom is 0.351 e. The molecule has 2 aromatic carbocycles. The average molecular weight is 520 g/mol. The number of aromatic nitrogens is 2. The van der Waals surface area contributed by atoms with E-state index in [1.54, 1.807) is 36.4 Å². The van der Waals surface area contributed by atoms with Gasteiger partial charge in [0.1, 0.15) is 6.61 Å². The Labute approximate surface area is 208 Å². The molecule has 3 aromatic rings. The van der Waals surface area contributed by atoms with Crippen molar-refractivity contribution in [1.29, 1.82) is 0 Å². The Kier molecular flexibility index (Phi) is 7.32. The van der Waals surface area contributed by atoms with Crippen molar-refractivity contribution in [3.63, 3.8) is 0 Å². The van der Waals surface area contributed by atoms with E-state index in [0.717, 1.165) is 0 Å². The number of anilines is 1. The molecular weight excluding hydrogens is 500 g/mol. The molecule has 0 bridgehead atoms. The molecule has 0 radical (unpaired) electrons. The number of carbonyl (C=O) groups is 2. The van der Waals surface area contributed by atoms with Crippen LogP contribution in [0.15, 0.2) is 71.7 Å². The van der Waals surface area contributed by atoms with Gasteiger partial charge in [-0.2, -0.15) is 4.98 Å². The second-order valence-electron chi connectivity index (χ2n) is 7.95. The van der Waals surface area contributed by atoms with Crippen molar-refractivity contribution < 1.29 is 32.6 Å². The topological polar surface area (TPSA) is 123 Å². The second-order valence-corrected chi connectivity index (χ2v) is 8.22. The van der Waals surface area contributed by atoms with E-state index >= 15 is 4.39 Å². The van der Waals surface area contributed by atoms with Crippen molar-refractivity contribution >= 4 is 29.4 Å². The van der Waals surface area contributed by atoms with Crippen molar-refractivity contribution in [3.05, 3.63) is 94.3 Å². The molecule has 1 aliphatic rings. The fourth-order valence-corrected chi connectivity index (χ4v) is 3.99. The smallest absolute Gasteiger partial charge is 0.351 e. The van der Waals surface area contributed by atoms with E-state index in [-0.39, 0.29) is 11.1 Å². The minimum absolute atomic E-state index is 0.107.